The molecule has 2 aromatic rings. The molecule has 5 nitrogen and oxygen atoms in total. The van der Waals surface area contributed by atoms with Gasteiger partial charge in [-0.15, -0.1) is 0 Å². The molecular formula is C21H27NO4. The Morgan fingerprint density at radius 3 is 2.38 bits per heavy atom. The first-order chi connectivity index (χ1) is 12.2. The quantitative estimate of drug-likeness (QED) is 0.526. The SMILES string of the molecule is Cc1c(/C=C/CCCNC(=O)OC(C)(C)C)c(O)c2ccccc2c1O. The molecule has 0 unspecified atom stereocenters. The number of alkyl carbamates (subject to hydrolysis) is 1. The fourth-order valence-corrected chi connectivity index (χ4v) is 2.68. The first kappa shape index (κ1) is 19.6. The fourth-order valence-electron chi connectivity index (χ4n) is 2.68. The Morgan fingerprint density at radius 1 is 1.15 bits per heavy atom. The van der Waals surface area contributed by atoms with Crippen molar-refractivity contribution in [2.45, 2.75) is 46.1 Å². The van der Waals surface area contributed by atoms with Crippen LogP contribution >= 0.6 is 0 Å². The van der Waals surface area contributed by atoms with Gasteiger partial charge in [-0.2, -0.15) is 0 Å². The first-order valence-electron chi connectivity index (χ1n) is 8.77. The van der Waals surface area contributed by atoms with E-state index in [4.69, 9.17) is 4.74 Å². The van der Waals surface area contributed by atoms with Crippen LogP contribution in [0.4, 0.5) is 4.79 Å². The molecular weight excluding hydrogens is 330 g/mol. The lowest BCUT2D eigenvalue weighted by Gasteiger charge is -2.19. The Bertz CT molecular complexity index is 819. The van der Waals surface area contributed by atoms with Gasteiger partial charge in [0.1, 0.15) is 17.1 Å². The molecule has 0 bridgehead atoms. The van der Waals surface area contributed by atoms with Gasteiger partial charge in [0.15, 0.2) is 0 Å². The maximum atomic E-state index is 11.6. The second-order valence-corrected chi connectivity index (χ2v) is 7.25. The van der Waals surface area contributed by atoms with Crippen LogP contribution in [0.2, 0.25) is 0 Å². The number of hydrogen-bond donors (Lipinski definition) is 3. The van der Waals surface area contributed by atoms with Crippen LogP contribution in [0, 0.1) is 6.92 Å². The van der Waals surface area contributed by atoms with E-state index >= 15 is 0 Å². The van der Waals surface area contributed by atoms with Crippen LogP contribution in [0.25, 0.3) is 16.8 Å². The summed E-state index contributed by atoms with van der Waals surface area (Å²) in [7, 11) is 0. The number of carbonyl (C=O) groups excluding carboxylic acids is 1. The van der Waals surface area contributed by atoms with Gasteiger partial charge in [0.05, 0.1) is 0 Å². The van der Waals surface area contributed by atoms with Crippen LogP contribution in [0.3, 0.4) is 0 Å². The van der Waals surface area contributed by atoms with Crippen LogP contribution in [-0.2, 0) is 4.74 Å². The molecule has 26 heavy (non-hydrogen) atoms. The summed E-state index contributed by atoms with van der Waals surface area (Å²) in [6.45, 7) is 7.76. The standard InChI is InChI=1S/C21H27NO4/c1-14-15(19(24)17-12-8-7-11-16(17)18(14)23)10-6-5-9-13-22-20(25)26-21(2,3)4/h6-8,10-12,23-24H,5,9,13H2,1-4H3,(H,22,25)/b10-6+. The predicted octanol–water partition coefficient (Wildman–Crippen LogP) is 4.88. The average Bonchev–Trinajstić information content (AvgIpc) is 2.57. The molecule has 0 atom stereocenters. The van der Waals surface area contributed by atoms with Crippen molar-refractivity contribution in [2.75, 3.05) is 6.54 Å². The lowest BCUT2D eigenvalue weighted by atomic mass is 9.98. The zero-order chi connectivity index (χ0) is 19.3. The highest BCUT2D eigenvalue weighted by Crippen LogP contribution is 2.39. The Balaban J connectivity index is 1.96. The third kappa shape index (κ3) is 4.91. The van der Waals surface area contributed by atoms with Gasteiger partial charge in [0.2, 0.25) is 0 Å². The van der Waals surface area contributed by atoms with Crippen LogP contribution in [0.5, 0.6) is 11.5 Å². The number of carbonyl (C=O) groups is 1. The van der Waals surface area contributed by atoms with Gasteiger partial charge in [-0.3, -0.25) is 0 Å². The number of fused-ring (bicyclic) bond motifs is 1. The number of rotatable bonds is 5. The number of aromatic hydroxyl groups is 2. The third-order valence-electron chi connectivity index (χ3n) is 3.95. The van der Waals surface area contributed by atoms with Gasteiger partial charge in [0, 0.05) is 28.4 Å². The minimum absolute atomic E-state index is 0.166. The van der Waals surface area contributed by atoms with Gasteiger partial charge >= 0.3 is 6.09 Å². The van der Waals surface area contributed by atoms with E-state index in [-0.39, 0.29) is 11.5 Å². The summed E-state index contributed by atoms with van der Waals surface area (Å²) in [5, 5.41) is 24.8. The highest BCUT2D eigenvalue weighted by atomic mass is 16.6. The maximum Gasteiger partial charge on any atom is 0.407 e. The van der Waals surface area contributed by atoms with Crippen molar-refractivity contribution in [2.24, 2.45) is 0 Å². The smallest absolute Gasteiger partial charge is 0.407 e. The van der Waals surface area contributed by atoms with Crippen LogP contribution in [-0.4, -0.2) is 28.5 Å². The summed E-state index contributed by atoms with van der Waals surface area (Å²) < 4.78 is 5.17. The number of amides is 1. The molecule has 2 rings (SSSR count). The van der Waals surface area contributed by atoms with Gasteiger partial charge in [0.25, 0.3) is 0 Å². The molecule has 0 fully saturated rings. The Morgan fingerprint density at radius 2 is 1.77 bits per heavy atom. The lowest BCUT2D eigenvalue weighted by molar-refractivity contribution is 0.0527. The second kappa shape index (κ2) is 8.13. The molecule has 0 saturated carbocycles. The molecule has 0 saturated heterocycles. The van der Waals surface area contributed by atoms with Crippen molar-refractivity contribution < 1.29 is 19.7 Å². The van der Waals surface area contributed by atoms with Gasteiger partial charge in [-0.25, -0.2) is 4.79 Å². The number of benzene rings is 2. The maximum absolute atomic E-state index is 11.6. The predicted molar refractivity (Wildman–Crippen MR) is 105 cm³/mol. The average molecular weight is 357 g/mol. The second-order valence-electron chi connectivity index (χ2n) is 7.25. The van der Waals surface area contributed by atoms with Gasteiger partial charge in [-0.1, -0.05) is 36.4 Å². The number of hydrogen-bond acceptors (Lipinski definition) is 4. The molecule has 0 spiro atoms. The highest BCUT2D eigenvalue weighted by Gasteiger charge is 2.15. The number of ether oxygens (including phenoxy) is 1. The molecule has 3 N–H and O–H groups in total. The zero-order valence-electron chi connectivity index (χ0n) is 15.8. The summed E-state index contributed by atoms with van der Waals surface area (Å²) in [6.07, 6.45) is 4.78. The minimum Gasteiger partial charge on any atom is -0.507 e. The summed E-state index contributed by atoms with van der Waals surface area (Å²) in [5.74, 6) is 0.351. The summed E-state index contributed by atoms with van der Waals surface area (Å²) >= 11 is 0. The summed E-state index contributed by atoms with van der Waals surface area (Å²) in [6, 6.07) is 7.22. The van der Waals surface area contributed by atoms with Gasteiger partial charge < -0.3 is 20.3 Å². The number of allylic oxidation sites excluding steroid dienone is 1. The number of phenolic OH excluding ortho intramolecular Hbond substituents is 2. The summed E-state index contributed by atoms with van der Waals surface area (Å²) in [5.41, 5.74) is 0.752. The van der Waals surface area contributed by atoms with Crippen molar-refractivity contribution >= 4 is 22.9 Å². The van der Waals surface area contributed by atoms with Crippen LogP contribution in [0.1, 0.15) is 44.7 Å². The van der Waals surface area contributed by atoms with Crippen LogP contribution in [0.15, 0.2) is 30.3 Å². The van der Waals surface area contributed by atoms with Crippen molar-refractivity contribution in [3.8, 4) is 11.5 Å². The van der Waals surface area contributed by atoms with E-state index in [0.29, 0.717) is 28.4 Å². The Labute approximate surface area is 154 Å². The number of unbranched alkanes of at least 4 members (excludes halogenated alkanes) is 1. The van der Waals surface area contributed by atoms with Gasteiger partial charge in [-0.05, 0) is 40.5 Å². The summed E-state index contributed by atoms with van der Waals surface area (Å²) in [4.78, 5) is 11.6. The van der Waals surface area contributed by atoms with E-state index in [9.17, 15) is 15.0 Å². The van der Waals surface area contributed by atoms with E-state index in [2.05, 4.69) is 5.32 Å². The molecule has 5 heteroatoms. The van der Waals surface area contributed by atoms with E-state index in [1.54, 1.807) is 19.1 Å². The van der Waals surface area contributed by atoms with E-state index in [1.165, 1.54) is 0 Å². The molecule has 0 heterocycles. The normalized spacial score (nSPS) is 11.8. The monoisotopic (exact) mass is 357 g/mol. The molecule has 140 valence electrons. The molecule has 1 amide bonds. The first-order valence-corrected chi connectivity index (χ1v) is 8.77. The van der Waals surface area contributed by atoms with Crippen molar-refractivity contribution in [3.05, 3.63) is 41.5 Å². The topological polar surface area (TPSA) is 78.8 Å². The lowest BCUT2D eigenvalue weighted by Crippen LogP contribution is -2.32. The number of nitrogens with one attached hydrogen (secondary N) is 1. The van der Waals surface area contributed by atoms with Crippen LogP contribution < -0.4 is 5.32 Å². The number of phenols is 2. The minimum atomic E-state index is -0.503. The fraction of sp³-hybridized carbons (Fsp3) is 0.381. The van der Waals surface area contributed by atoms with E-state index in [1.807, 2.05) is 45.1 Å². The van der Waals surface area contributed by atoms with E-state index in [0.717, 1.165) is 12.8 Å². The van der Waals surface area contributed by atoms with Crippen molar-refractivity contribution in [3.63, 3.8) is 0 Å². The molecule has 2 aromatic carbocycles. The van der Waals surface area contributed by atoms with Crippen molar-refractivity contribution in [1.82, 2.24) is 5.32 Å². The molecule has 0 aliphatic rings. The highest BCUT2D eigenvalue weighted by molar-refractivity contribution is 5.97. The molecule has 0 radical (unpaired) electrons. The van der Waals surface area contributed by atoms with E-state index < -0.39 is 11.7 Å². The third-order valence-corrected chi connectivity index (χ3v) is 3.95. The molecule has 0 aliphatic heterocycles. The Kier molecular flexibility index (Phi) is 6.14. The Hall–Kier alpha value is -2.69. The molecule has 0 aromatic heterocycles. The molecule has 0 aliphatic carbocycles. The van der Waals surface area contributed by atoms with Crippen molar-refractivity contribution in [1.29, 1.82) is 0 Å². The zero-order valence-corrected chi connectivity index (χ0v) is 15.8. The largest absolute Gasteiger partial charge is 0.507 e.